The number of ether oxygens (including phenoxy) is 1. The normalized spacial score (nSPS) is 10.2. The molecular formula is C18H21NO2. The molecule has 0 aromatic heterocycles. The summed E-state index contributed by atoms with van der Waals surface area (Å²) in [6.45, 7) is 2.85. The van der Waals surface area contributed by atoms with Gasteiger partial charge in [0.2, 0.25) is 0 Å². The molecule has 21 heavy (non-hydrogen) atoms. The Balaban J connectivity index is 2.03. The average Bonchev–Trinajstić information content (AvgIpc) is 2.55. The van der Waals surface area contributed by atoms with Gasteiger partial charge in [0.1, 0.15) is 5.75 Å². The van der Waals surface area contributed by atoms with E-state index >= 15 is 0 Å². The van der Waals surface area contributed by atoms with Crippen LogP contribution in [0.2, 0.25) is 0 Å². The molecule has 3 nitrogen and oxygen atoms in total. The van der Waals surface area contributed by atoms with Crippen molar-refractivity contribution >= 4 is 11.6 Å². The number of anilines is 1. The van der Waals surface area contributed by atoms with E-state index < -0.39 is 0 Å². The number of carbonyl (C=O) groups is 1. The standard InChI is InChI=1S/C18H21NO2/c1-3-4-14-21-17-12-10-15(11-13-17)18(20)19(2)16-8-6-5-7-9-16/h5-13H,3-4,14H2,1-2H3. The highest BCUT2D eigenvalue weighted by Gasteiger charge is 2.12. The van der Waals surface area contributed by atoms with Gasteiger partial charge in [-0.15, -0.1) is 0 Å². The lowest BCUT2D eigenvalue weighted by Gasteiger charge is -2.17. The second-order valence-electron chi connectivity index (χ2n) is 4.93. The average molecular weight is 283 g/mol. The van der Waals surface area contributed by atoms with Crippen LogP contribution in [0, 0.1) is 0 Å². The summed E-state index contributed by atoms with van der Waals surface area (Å²) in [7, 11) is 1.78. The van der Waals surface area contributed by atoms with Crippen LogP contribution in [0.1, 0.15) is 30.1 Å². The van der Waals surface area contributed by atoms with E-state index in [0.29, 0.717) is 12.2 Å². The third kappa shape index (κ3) is 4.09. The largest absolute Gasteiger partial charge is 0.494 e. The number of unbranched alkanes of at least 4 members (excludes halogenated alkanes) is 1. The second kappa shape index (κ2) is 7.48. The zero-order valence-corrected chi connectivity index (χ0v) is 12.6. The summed E-state index contributed by atoms with van der Waals surface area (Å²) in [5.41, 5.74) is 1.54. The van der Waals surface area contributed by atoms with Crippen molar-refractivity contribution < 1.29 is 9.53 Å². The van der Waals surface area contributed by atoms with Gasteiger partial charge in [0.05, 0.1) is 6.61 Å². The Morgan fingerprint density at radius 3 is 2.33 bits per heavy atom. The molecule has 0 spiro atoms. The van der Waals surface area contributed by atoms with Gasteiger partial charge in [0.25, 0.3) is 5.91 Å². The predicted molar refractivity (Wildman–Crippen MR) is 86.0 cm³/mol. The van der Waals surface area contributed by atoms with E-state index in [1.807, 2.05) is 54.6 Å². The Morgan fingerprint density at radius 2 is 1.71 bits per heavy atom. The smallest absolute Gasteiger partial charge is 0.258 e. The van der Waals surface area contributed by atoms with Gasteiger partial charge in [-0.2, -0.15) is 0 Å². The van der Waals surface area contributed by atoms with Gasteiger partial charge in [-0.05, 0) is 42.8 Å². The maximum atomic E-state index is 12.4. The quantitative estimate of drug-likeness (QED) is 0.746. The molecule has 0 unspecified atom stereocenters. The van der Waals surface area contributed by atoms with Crippen LogP contribution in [-0.4, -0.2) is 19.6 Å². The zero-order valence-electron chi connectivity index (χ0n) is 12.6. The van der Waals surface area contributed by atoms with E-state index in [0.717, 1.165) is 24.3 Å². The minimum Gasteiger partial charge on any atom is -0.494 e. The number of carbonyl (C=O) groups excluding carboxylic acids is 1. The highest BCUT2D eigenvalue weighted by atomic mass is 16.5. The maximum absolute atomic E-state index is 12.4. The van der Waals surface area contributed by atoms with Crippen molar-refractivity contribution in [2.45, 2.75) is 19.8 Å². The second-order valence-corrected chi connectivity index (χ2v) is 4.93. The van der Waals surface area contributed by atoms with E-state index in [-0.39, 0.29) is 5.91 Å². The molecule has 0 aliphatic carbocycles. The number of nitrogens with zero attached hydrogens (tertiary/aromatic N) is 1. The lowest BCUT2D eigenvalue weighted by atomic mass is 10.2. The molecule has 0 aliphatic heterocycles. The van der Waals surface area contributed by atoms with Crippen molar-refractivity contribution in [1.82, 2.24) is 0 Å². The molecule has 0 saturated heterocycles. The number of benzene rings is 2. The molecule has 0 atom stereocenters. The van der Waals surface area contributed by atoms with Crippen LogP contribution in [-0.2, 0) is 0 Å². The third-order valence-electron chi connectivity index (χ3n) is 3.32. The molecule has 0 radical (unpaired) electrons. The molecule has 0 saturated carbocycles. The molecule has 1 amide bonds. The summed E-state index contributed by atoms with van der Waals surface area (Å²) in [5, 5.41) is 0. The van der Waals surface area contributed by atoms with Crippen LogP contribution in [0.4, 0.5) is 5.69 Å². The van der Waals surface area contributed by atoms with Crippen LogP contribution in [0.5, 0.6) is 5.75 Å². The number of hydrogen-bond donors (Lipinski definition) is 0. The number of para-hydroxylation sites is 1. The van der Waals surface area contributed by atoms with Gasteiger partial charge in [-0.25, -0.2) is 0 Å². The summed E-state index contributed by atoms with van der Waals surface area (Å²) < 4.78 is 5.60. The first-order valence-corrected chi connectivity index (χ1v) is 7.28. The van der Waals surface area contributed by atoms with E-state index in [1.54, 1.807) is 11.9 Å². The molecular weight excluding hydrogens is 262 g/mol. The summed E-state index contributed by atoms with van der Waals surface area (Å²) in [5.74, 6) is 0.781. The van der Waals surface area contributed by atoms with Crippen molar-refractivity contribution in [3.8, 4) is 5.75 Å². The molecule has 0 N–H and O–H groups in total. The fourth-order valence-electron chi connectivity index (χ4n) is 1.99. The van der Waals surface area contributed by atoms with E-state index in [1.165, 1.54) is 0 Å². The molecule has 0 fully saturated rings. The van der Waals surface area contributed by atoms with Crippen molar-refractivity contribution in [1.29, 1.82) is 0 Å². The van der Waals surface area contributed by atoms with E-state index in [9.17, 15) is 4.79 Å². The molecule has 3 heteroatoms. The van der Waals surface area contributed by atoms with Gasteiger partial charge in [-0.1, -0.05) is 31.5 Å². The number of rotatable bonds is 6. The molecule has 0 aliphatic rings. The maximum Gasteiger partial charge on any atom is 0.258 e. The Morgan fingerprint density at radius 1 is 1.05 bits per heavy atom. The summed E-state index contributed by atoms with van der Waals surface area (Å²) in [6, 6.07) is 16.9. The van der Waals surface area contributed by atoms with Gasteiger partial charge in [0.15, 0.2) is 0 Å². The lowest BCUT2D eigenvalue weighted by Crippen LogP contribution is -2.25. The third-order valence-corrected chi connectivity index (χ3v) is 3.32. The molecule has 0 heterocycles. The minimum absolute atomic E-state index is 0.0266. The van der Waals surface area contributed by atoms with Crippen LogP contribution in [0.3, 0.4) is 0 Å². The minimum atomic E-state index is -0.0266. The molecule has 0 bridgehead atoms. The lowest BCUT2D eigenvalue weighted by molar-refractivity contribution is 0.0993. The van der Waals surface area contributed by atoms with Crippen LogP contribution >= 0.6 is 0 Å². The fourth-order valence-corrected chi connectivity index (χ4v) is 1.99. The molecule has 2 rings (SSSR count). The number of hydrogen-bond acceptors (Lipinski definition) is 2. The van der Waals surface area contributed by atoms with Crippen molar-refractivity contribution in [2.24, 2.45) is 0 Å². The fraction of sp³-hybridized carbons (Fsp3) is 0.278. The van der Waals surface area contributed by atoms with Gasteiger partial charge >= 0.3 is 0 Å². The first-order chi connectivity index (χ1) is 10.2. The SMILES string of the molecule is CCCCOc1ccc(C(=O)N(C)c2ccccc2)cc1. The van der Waals surface area contributed by atoms with Crippen LogP contribution in [0.15, 0.2) is 54.6 Å². The first kappa shape index (κ1) is 15.1. The van der Waals surface area contributed by atoms with Gasteiger partial charge < -0.3 is 9.64 Å². The Hall–Kier alpha value is -2.29. The monoisotopic (exact) mass is 283 g/mol. The molecule has 2 aromatic carbocycles. The van der Waals surface area contributed by atoms with Crippen LogP contribution in [0.25, 0.3) is 0 Å². The molecule has 110 valence electrons. The van der Waals surface area contributed by atoms with E-state index in [4.69, 9.17) is 4.74 Å². The predicted octanol–water partition coefficient (Wildman–Crippen LogP) is 4.14. The number of amides is 1. The van der Waals surface area contributed by atoms with Gasteiger partial charge in [-0.3, -0.25) is 4.79 Å². The summed E-state index contributed by atoms with van der Waals surface area (Å²) in [6.07, 6.45) is 2.15. The zero-order chi connectivity index (χ0) is 15.1. The van der Waals surface area contributed by atoms with Crippen molar-refractivity contribution in [2.75, 3.05) is 18.6 Å². The van der Waals surface area contributed by atoms with E-state index in [2.05, 4.69) is 6.92 Å². The van der Waals surface area contributed by atoms with Crippen molar-refractivity contribution in [3.05, 3.63) is 60.2 Å². The Labute approximate surface area is 126 Å². The summed E-state index contributed by atoms with van der Waals surface area (Å²) in [4.78, 5) is 14.0. The summed E-state index contributed by atoms with van der Waals surface area (Å²) >= 11 is 0. The van der Waals surface area contributed by atoms with Crippen molar-refractivity contribution in [3.63, 3.8) is 0 Å². The van der Waals surface area contributed by atoms with Gasteiger partial charge in [0, 0.05) is 18.3 Å². The Bertz CT molecular complexity index is 564. The highest BCUT2D eigenvalue weighted by molar-refractivity contribution is 6.05. The van der Waals surface area contributed by atoms with Crippen LogP contribution < -0.4 is 9.64 Å². The Kier molecular flexibility index (Phi) is 5.38. The molecule has 2 aromatic rings. The first-order valence-electron chi connectivity index (χ1n) is 7.28. The highest BCUT2D eigenvalue weighted by Crippen LogP contribution is 2.17. The topological polar surface area (TPSA) is 29.5 Å².